The lowest BCUT2D eigenvalue weighted by atomic mass is 10.1. The number of hydrogen-bond acceptors (Lipinski definition) is 4. The predicted octanol–water partition coefficient (Wildman–Crippen LogP) is 5.71. The van der Waals surface area contributed by atoms with Crippen LogP contribution in [0.4, 0.5) is 10.7 Å². The zero-order valence-corrected chi connectivity index (χ0v) is 16.7. The van der Waals surface area contributed by atoms with Crippen molar-refractivity contribution >= 4 is 45.3 Å². The maximum Gasteiger partial charge on any atom is 0.341 e. The van der Waals surface area contributed by atoms with Gasteiger partial charge < -0.3 is 15.4 Å². The molecule has 0 bridgehead atoms. The Bertz CT molecular complexity index is 952. The molecule has 6 heteroatoms. The van der Waals surface area contributed by atoms with E-state index in [1.54, 1.807) is 6.92 Å². The van der Waals surface area contributed by atoms with E-state index in [1.165, 1.54) is 11.3 Å². The summed E-state index contributed by atoms with van der Waals surface area (Å²) in [5.41, 5.74) is 3.55. The average molecular weight is 397 g/mol. The number of ether oxygens (including phenoxy) is 1. The van der Waals surface area contributed by atoms with Crippen LogP contribution in [0.2, 0.25) is 0 Å². The first-order valence-corrected chi connectivity index (χ1v) is 9.80. The van der Waals surface area contributed by atoms with E-state index in [0.717, 1.165) is 21.7 Å². The van der Waals surface area contributed by atoms with Crippen LogP contribution in [0.1, 0.15) is 22.8 Å². The minimum atomic E-state index is -0.364. The number of hydrogen-bond donors (Lipinski definition) is 2. The fourth-order valence-corrected chi connectivity index (χ4v) is 3.92. The summed E-state index contributed by atoms with van der Waals surface area (Å²) in [5, 5.41) is 7.39. The van der Waals surface area contributed by atoms with Crippen LogP contribution < -0.4 is 10.6 Å². The quantitative estimate of drug-likeness (QED) is 0.427. The Balaban J connectivity index is 1.85. The van der Waals surface area contributed by atoms with Gasteiger partial charge in [0.15, 0.2) is 5.11 Å². The van der Waals surface area contributed by atoms with E-state index in [4.69, 9.17) is 17.0 Å². The van der Waals surface area contributed by atoms with Gasteiger partial charge in [-0.2, -0.15) is 0 Å². The molecule has 4 nitrogen and oxygen atoms in total. The summed E-state index contributed by atoms with van der Waals surface area (Å²) in [6.07, 6.45) is 0. The molecular weight excluding hydrogens is 376 g/mol. The van der Waals surface area contributed by atoms with Gasteiger partial charge in [-0.05, 0) is 55.4 Å². The monoisotopic (exact) mass is 396 g/mol. The van der Waals surface area contributed by atoms with E-state index in [1.807, 2.05) is 67.6 Å². The van der Waals surface area contributed by atoms with E-state index in [9.17, 15) is 4.79 Å². The van der Waals surface area contributed by atoms with Crippen LogP contribution >= 0.6 is 23.6 Å². The lowest BCUT2D eigenvalue weighted by Gasteiger charge is -2.11. The number of aryl methyl sites for hydroxylation is 1. The molecule has 0 radical (unpaired) electrons. The minimum absolute atomic E-state index is 0.320. The van der Waals surface area contributed by atoms with Crippen molar-refractivity contribution in [1.82, 2.24) is 0 Å². The van der Waals surface area contributed by atoms with Gasteiger partial charge in [0.05, 0.1) is 12.2 Å². The Kier molecular flexibility index (Phi) is 6.21. The number of benzene rings is 2. The largest absolute Gasteiger partial charge is 0.462 e. The first-order chi connectivity index (χ1) is 13.1. The van der Waals surface area contributed by atoms with Crippen LogP contribution in [0.15, 0.2) is 60.7 Å². The third-order valence-corrected chi connectivity index (χ3v) is 5.09. The molecule has 0 saturated heterocycles. The second-order valence-corrected chi connectivity index (χ2v) is 7.35. The maximum atomic E-state index is 12.4. The van der Waals surface area contributed by atoms with E-state index in [2.05, 4.69) is 10.6 Å². The van der Waals surface area contributed by atoms with Gasteiger partial charge in [-0.15, -0.1) is 11.3 Å². The van der Waals surface area contributed by atoms with Crippen molar-refractivity contribution in [2.45, 2.75) is 13.8 Å². The van der Waals surface area contributed by atoms with Gasteiger partial charge in [0.1, 0.15) is 5.00 Å². The fourth-order valence-electron chi connectivity index (χ4n) is 2.58. The number of rotatable bonds is 5. The van der Waals surface area contributed by atoms with E-state index < -0.39 is 0 Å². The van der Waals surface area contributed by atoms with Crippen LogP contribution in [0, 0.1) is 6.92 Å². The highest BCUT2D eigenvalue weighted by Crippen LogP contribution is 2.36. The molecule has 2 N–H and O–H groups in total. The minimum Gasteiger partial charge on any atom is -0.462 e. The van der Waals surface area contributed by atoms with Gasteiger partial charge in [0, 0.05) is 10.6 Å². The van der Waals surface area contributed by atoms with Crippen LogP contribution in [0.25, 0.3) is 10.4 Å². The number of thiophene rings is 1. The molecule has 0 saturated carbocycles. The van der Waals surface area contributed by atoms with Crippen molar-refractivity contribution in [3.63, 3.8) is 0 Å². The van der Waals surface area contributed by atoms with E-state index in [-0.39, 0.29) is 5.97 Å². The van der Waals surface area contributed by atoms with Crippen molar-refractivity contribution in [1.29, 1.82) is 0 Å². The summed E-state index contributed by atoms with van der Waals surface area (Å²) >= 11 is 6.90. The molecule has 0 aliphatic rings. The maximum absolute atomic E-state index is 12.4. The SMILES string of the molecule is CCOC(=O)c1cc(-c2ccccc2)sc1NC(=S)Nc1cccc(C)c1. The zero-order valence-electron chi connectivity index (χ0n) is 15.1. The molecule has 0 atom stereocenters. The summed E-state index contributed by atoms with van der Waals surface area (Å²) in [7, 11) is 0. The lowest BCUT2D eigenvalue weighted by molar-refractivity contribution is 0.0528. The van der Waals surface area contributed by atoms with Crippen molar-refractivity contribution < 1.29 is 9.53 Å². The highest BCUT2D eigenvalue weighted by atomic mass is 32.1. The molecule has 1 aromatic heterocycles. The van der Waals surface area contributed by atoms with Crippen molar-refractivity contribution in [3.8, 4) is 10.4 Å². The molecule has 0 amide bonds. The van der Waals surface area contributed by atoms with Gasteiger partial charge >= 0.3 is 5.97 Å². The number of thiocarbonyl (C=S) groups is 1. The molecule has 2 aromatic carbocycles. The Morgan fingerprint density at radius 3 is 2.56 bits per heavy atom. The molecule has 0 aliphatic heterocycles. The van der Waals surface area contributed by atoms with Crippen LogP contribution in [0.5, 0.6) is 0 Å². The molecule has 3 aromatic rings. The molecule has 27 heavy (non-hydrogen) atoms. The molecule has 0 fully saturated rings. The first kappa shape index (κ1) is 19.1. The van der Waals surface area contributed by atoms with Crippen LogP contribution in [0.3, 0.4) is 0 Å². The topological polar surface area (TPSA) is 50.4 Å². The predicted molar refractivity (Wildman–Crippen MR) is 117 cm³/mol. The standard InChI is InChI=1S/C21H20N2O2S2/c1-3-25-20(24)17-13-18(15-9-5-4-6-10-15)27-19(17)23-21(26)22-16-11-7-8-14(2)12-16/h4-13H,3H2,1-2H3,(H2,22,23,26). The summed E-state index contributed by atoms with van der Waals surface area (Å²) in [6, 6.07) is 19.7. The Labute approximate surface area is 168 Å². The Hall–Kier alpha value is -2.70. The molecular formula is C21H20N2O2S2. The summed E-state index contributed by atoms with van der Waals surface area (Å²) < 4.78 is 5.20. The molecule has 0 aliphatic carbocycles. The normalized spacial score (nSPS) is 10.3. The highest BCUT2D eigenvalue weighted by molar-refractivity contribution is 7.80. The molecule has 3 rings (SSSR count). The Morgan fingerprint density at radius 1 is 1.07 bits per heavy atom. The number of anilines is 2. The second kappa shape index (κ2) is 8.79. The third-order valence-electron chi connectivity index (χ3n) is 3.79. The van der Waals surface area contributed by atoms with Crippen LogP contribution in [-0.2, 0) is 4.74 Å². The molecule has 138 valence electrons. The van der Waals surface area contributed by atoms with Crippen molar-refractivity contribution in [2.75, 3.05) is 17.2 Å². The number of nitrogens with one attached hydrogen (secondary N) is 2. The molecule has 1 heterocycles. The lowest BCUT2D eigenvalue weighted by Crippen LogP contribution is -2.20. The van der Waals surface area contributed by atoms with Crippen molar-refractivity contribution in [3.05, 3.63) is 71.8 Å². The van der Waals surface area contributed by atoms with Gasteiger partial charge in [-0.25, -0.2) is 4.79 Å². The molecule has 0 spiro atoms. The fraction of sp³-hybridized carbons (Fsp3) is 0.143. The number of carbonyl (C=O) groups is 1. The van der Waals surface area contributed by atoms with Crippen LogP contribution in [-0.4, -0.2) is 17.7 Å². The number of esters is 1. The van der Waals surface area contributed by atoms with Gasteiger partial charge in [0.2, 0.25) is 0 Å². The summed E-state index contributed by atoms with van der Waals surface area (Å²) in [4.78, 5) is 13.3. The highest BCUT2D eigenvalue weighted by Gasteiger charge is 2.19. The van der Waals surface area contributed by atoms with Gasteiger partial charge in [-0.1, -0.05) is 42.5 Å². The molecule has 0 unspecified atom stereocenters. The Morgan fingerprint density at radius 2 is 1.85 bits per heavy atom. The first-order valence-electron chi connectivity index (χ1n) is 8.58. The third kappa shape index (κ3) is 4.93. The zero-order chi connectivity index (χ0) is 19.2. The summed E-state index contributed by atoms with van der Waals surface area (Å²) in [5.74, 6) is -0.364. The summed E-state index contributed by atoms with van der Waals surface area (Å²) in [6.45, 7) is 4.13. The van der Waals surface area contributed by atoms with E-state index in [0.29, 0.717) is 22.3 Å². The van der Waals surface area contributed by atoms with Gasteiger partial charge in [-0.3, -0.25) is 0 Å². The van der Waals surface area contributed by atoms with E-state index >= 15 is 0 Å². The van der Waals surface area contributed by atoms with Crippen molar-refractivity contribution in [2.24, 2.45) is 0 Å². The smallest absolute Gasteiger partial charge is 0.341 e. The van der Waals surface area contributed by atoms with Gasteiger partial charge in [0.25, 0.3) is 0 Å². The second-order valence-electron chi connectivity index (χ2n) is 5.89. The average Bonchev–Trinajstić information content (AvgIpc) is 3.06. The number of carbonyl (C=O) groups excluding carboxylic acids is 1.